The van der Waals surface area contributed by atoms with E-state index < -0.39 is 0 Å². The molecule has 0 unspecified atom stereocenters. The molecule has 0 aliphatic carbocycles. The van der Waals surface area contributed by atoms with Crippen LogP contribution in [-0.4, -0.2) is 0 Å². The summed E-state index contributed by atoms with van der Waals surface area (Å²) in [6, 6.07) is 0. The summed E-state index contributed by atoms with van der Waals surface area (Å²) in [6.07, 6.45) is 0. The van der Waals surface area contributed by atoms with Gasteiger partial charge in [-0.05, 0) is 0 Å². The van der Waals surface area contributed by atoms with Crippen LogP contribution in [0.3, 0.4) is 0 Å². The molecule has 36 valence electrons. The maximum absolute atomic E-state index is 0. The quantitative estimate of drug-likeness (QED) is 0.536. The average molecular weight is 230 g/mol. The first kappa shape index (κ1) is 55.7. The minimum atomic E-state index is 0. The molecule has 0 bridgehead atoms. The Balaban J connectivity index is 0. The smallest absolute Gasteiger partial charge is 0 e. The van der Waals surface area contributed by atoms with E-state index in [2.05, 4.69) is 0 Å². The van der Waals surface area contributed by atoms with Crippen LogP contribution in [0.25, 0.3) is 0 Å². The second-order valence-electron chi connectivity index (χ2n) is 0. The van der Waals surface area contributed by atoms with E-state index in [0.717, 1.165) is 0 Å². The van der Waals surface area contributed by atoms with Gasteiger partial charge in [0.1, 0.15) is 0 Å². The predicted molar refractivity (Wildman–Crippen MR) is 6.73 cm³/mol. The first-order chi connectivity index (χ1) is 0. The fourth-order valence-corrected chi connectivity index (χ4v) is 0. The van der Waals surface area contributed by atoms with Gasteiger partial charge in [-0.15, -0.1) is 0 Å². The molecule has 0 aromatic carbocycles. The van der Waals surface area contributed by atoms with Crippen LogP contribution in [0.2, 0.25) is 0 Å². The van der Waals surface area contributed by atoms with E-state index in [1.807, 2.05) is 0 Å². The van der Waals surface area contributed by atoms with E-state index in [-0.39, 0.29) is 80.1 Å². The Bertz CT molecular complexity index is 11.6. The zero-order valence-electron chi connectivity index (χ0n) is 1.58. The molecule has 0 aliphatic heterocycles. The average Bonchev–Trinajstić information content (AvgIpc) is 0. The SMILES string of the molecule is C.[Cr].[Fe].[Ni].[Ti]. The van der Waals surface area contributed by atoms with Crippen molar-refractivity contribution in [1.29, 1.82) is 0 Å². The standard InChI is InChI=1S/CH4.Cr.Fe.Ni.Ti/h1H4;;;;. The minimum absolute atomic E-state index is 0. The topological polar surface area (TPSA) is 0 Å². The molecule has 0 aromatic heterocycles. The van der Waals surface area contributed by atoms with Crippen LogP contribution >= 0.6 is 0 Å². The maximum Gasteiger partial charge on any atom is 0 e. The normalized spacial score (nSPS) is 0. The van der Waals surface area contributed by atoms with Crippen molar-refractivity contribution >= 4 is 0 Å². The third kappa shape index (κ3) is 22.2. The fourth-order valence-electron chi connectivity index (χ4n) is 0. The van der Waals surface area contributed by atoms with Gasteiger partial charge in [0.15, 0.2) is 0 Å². The van der Waals surface area contributed by atoms with Crippen molar-refractivity contribution in [2.75, 3.05) is 0 Å². The van der Waals surface area contributed by atoms with Gasteiger partial charge in [0.2, 0.25) is 0 Å². The summed E-state index contributed by atoms with van der Waals surface area (Å²) in [5.41, 5.74) is 0. The van der Waals surface area contributed by atoms with Crippen LogP contribution in [0.4, 0.5) is 0 Å². The molecule has 0 saturated heterocycles. The second-order valence-corrected chi connectivity index (χ2v) is 0. The Morgan fingerprint density at radius 2 is 1.00 bits per heavy atom. The molecule has 0 N–H and O–H groups in total. The summed E-state index contributed by atoms with van der Waals surface area (Å²) in [5, 5.41) is 0. The molecule has 5 heavy (non-hydrogen) atoms. The summed E-state index contributed by atoms with van der Waals surface area (Å²) in [7, 11) is 0. The zero-order valence-corrected chi connectivity index (χ0v) is 6.51. The van der Waals surface area contributed by atoms with Crippen LogP contribution in [0.15, 0.2) is 0 Å². The summed E-state index contributed by atoms with van der Waals surface area (Å²) in [6.45, 7) is 0. The Kier molecular flexibility index (Phi) is 378. The first-order valence-corrected chi connectivity index (χ1v) is 0. The van der Waals surface area contributed by atoms with Gasteiger partial charge < -0.3 is 0 Å². The van der Waals surface area contributed by atoms with Crippen molar-refractivity contribution < 1.29 is 72.6 Å². The van der Waals surface area contributed by atoms with E-state index in [9.17, 15) is 0 Å². The Labute approximate surface area is 79.3 Å². The molecule has 0 aliphatic rings. The van der Waals surface area contributed by atoms with Gasteiger partial charge in [0.05, 0.1) is 0 Å². The van der Waals surface area contributed by atoms with Crippen LogP contribution in [0.5, 0.6) is 0 Å². The summed E-state index contributed by atoms with van der Waals surface area (Å²) in [5.74, 6) is 0. The van der Waals surface area contributed by atoms with E-state index >= 15 is 0 Å². The molecule has 0 nitrogen and oxygen atoms in total. The molecule has 0 spiro atoms. The van der Waals surface area contributed by atoms with Crippen LogP contribution in [0, 0.1) is 0 Å². The molecule has 0 rings (SSSR count). The molecule has 0 amide bonds. The number of rotatable bonds is 0. The van der Waals surface area contributed by atoms with Crippen LogP contribution < -0.4 is 0 Å². The van der Waals surface area contributed by atoms with Crippen molar-refractivity contribution in [3.05, 3.63) is 0 Å². The maximum atomic E-state index is 0. The van der Waals surface area contributed by atoms with Gasteiger partial charge in [-0.25, -0.2) is 0 Å². The van der Waals surface area contributed by atoms with Crippen molar-refractivity contribution in [1.82, 2.24) is 0 Å². The monoisotopic (exact) mass is 230 g/mol. The van der Waals surface area contributed by atoms with Crippen molar-refractivity contribution in [3.63, 3.8) is 0 Å². The third-order valence-corrected chi connectivity index (χ3v) is 0. The Morgan fingerprint density at radius 3 is 1.00 bits per heavy atom. The van der Waals surface area contributed by atoms with Gasteiger partial charge in [-0.3, -0.25) is 0 Å². The van der Waals surface area contributed by atoms with Gasteiger partial charge in [-0.2, -0.15) is 0 Å². The van der Waals surface area contributed by atoms with Crippen molar-refractivity contribution in [3.8, 4) is 0 Å². The van der Waals surface area contributed by atoms with E-state index in [0.29, 0.717) is 0 Å². The second kappa shape index (κ2) is 33.9. The van der Waals surface area contributed by atoms with Gasteiger partial charge in [0.25, 0.3) is 0 Å². The summed E-state index contributed by atoms with van der Waals surface area (Å²) in [4.78, 5) is 0. The molecule has 0 fully saturated rings. The molecule has 0 heterocycles. The molecular weight excluding hydrogens is 226 g/mol. The van der Waals surface area contributed by atoms with Gasteiger partial charge in [0, 0.05) is 72.6 Å². The first-order valence-electron chi connectivity index (χ1n) is 0. The largest absolute Gasteiger partial charge is 0.0776 e. The van der Waals surface area contributed by atoms with E-state index in [1.165, 1.54) is 0 Å². The van der Waals surface area contributed by atoms with Gasteiger partial charge in [-0.1, -0.05) is 7.43 Å². The Hall–Kier alpha value is 2.26. The van der Waals surface area contributed by atoms with Crippen LogP contribution in [-0.2, 0) is 72.6 Å². The van der Waals surface area contributed by atoms with Crippen molar-refractivity contribution in [2.45, 2.75) is 7.43 Å². The molecule has 4 heteroatoms. The Morgan fingerprint density at radius 1 is 1.00 bits per heavy atom. The summed E-state index contributed by atoms with van der Waals surface area (Å²) >= 11 is 0. The predicted octanol–water partition coefficient (Wildman–Crippen LogP) is 0.626. The molecule has 0 saturated carbocycles. The van der Waals surface area contributed by atoms with Gasteiger partial charge >= 0.3 is 0 Å². The van der Waals surface area contributed by atoms with Crippen LogP contribution in [0.1, 0.15) is 7.43 Å². The minimum Gasteiger partial charge on any atom is -0.0776 e. The van der Waals surface area contributed by atoms with E-state index in [1.54, 1.807) is 0 Å². The van der Waals surface area contributed by atoms with E-state index in [4.69, 9.17) is 0 Å². The molecular formula is CH4CrFeNiTi. The molecule has 0 radical (unpaired) electrons. The zero-order chi connectivity index (χ0) is 0. The van der Waals surface area contributed by atoms with Crippen molar-refractivity contribution in [2.24, 2.45) is 0 Å². The number of hydrogen-bond donors (Lipinski definition) is 0. The number of hydrogen-bond acceptors (Lipinski definition) is 0. The summed E-state index contributed by atoms with van der Waals surface area (Å²) < 4.78 is 0. The molecule has 0 aromatic rings. The third-order valence-electron chi connectivity index (χ3n) is 0. The fraction of sp³-hybridized carbons (Fsp3) is 1.00. The molecule has 0 atom stereocenters.